The first-order valence-electron chi connectivity index (χ1n) is 8.13. The maximum atomic E-state index is 12.5. The molecule has 0 spiro atoms. The summed E-state index contributed by atoms with van der Waals surface area (Å²) in [7, 11) is 1.56. The standard InChI is InChI=1S/C20H21N3O2/c1-14-18(15(2)23(22-14)16-9-5-4-6-10-16)13-21-20(24)17-11-7-8-12-19(17)25-3/h4-12H,13H2,1-3H3,(H,21,24). The molecular weight excluding hydrogens is 314 g/mol. The van der Waals surface area contributed by atoms with Crippen molar-refractivity contribution >= 4 is 5.91 Å². The van der Waals surface area contributed by atoms with E-state index in [0.717, 1.165) is 22.6 Å². The van der Waals surface area contributed by atoms with Gasteiger partial charge in [0, 0.05) is 17.8 Å². The molecule has 0 unspecified atom stereocenters. The van der Waals surface area contributed by atoms with Crippen molar-refractivity contribution in [2.75, 3.05) is 7.11 Å². The van der Waals surface area contributed by atoms with E-state index in [9.17, 15) is 4.79 Å². The number of hydrogen-bond acceptors (Lipinski definition) is 3. The number of carbonyl (C=O) groups excluding carboxylic acids is 1. The van der Waals surface area contributed by atoms with Crippen LogP contribution in [0.15, 0.2) is 54.6 Å². The van der Waals surface area contributed by atoms with Crippen molar-refractivity contribution in [2.24, 2.45) is 0 Å². The number of aryl methyl sites for hydroxylation is 1. The highest BCUT2D eigenvalue weighted by Crippen LogP contribution is 2.19. The molecule has 5 heteroatoms. The number of hydrogen-bond donors (Lipinski definition) is 1. The lowest BCUT2D eigenvalue weighted by atomic mass is 10.1. The summed E-state index contributed by atoms with van der Waals surface area (Å²) in [6.45, 7) is 4.38. The fourth-order valence-corrected chi connectivity index (χ4v) is 2.85. The molecule has 0 saturated carbocycles. The Kier molecular flexibility index (Phi) is 4.84. The highest BCUT2D eigenvalue weighted by Gasteiger charge is 2.15. The molecule has 0 radical (unpaired) electrons. The molecule has 2 aromatic carbocycles. The first-order valence-corrected chi connectivity index (χ1v) is 8.13. The minimum absolute atomic E-state index is 0.163. The van der Waals surface area contributed by atoms with Crippen LogP contribution in [0.4, 0.5) is 0 Å². The minimum atomic E-state index is -0.163. The average Bonchev–Trinajstić information content (AvgIpc) is 2.94. The lowest BCUT2D eigenvalue weighted by Crippen LogP contribution is -2.24. The molecule has 1 N–H and O–H groups in total. The Hall–Kier alpha value is -3.08. The third-order valence-electron chi connectivity index (χ3n) is 4.22. The highest BCUT2D eigenvalue weighted by atomic mass is 16.5. The van der Waals surface area contributed by atoms with E-state index in [-0.39, 0.29) is 5.91 Å². The smallest absolute Gasteiger partial charge is 0.255 e. The molecular formula is C20H21N3O2. The molecule has 0 saturated heterocycles. The number of methoxy groups -OCH3 is 1. The van der Waals surface area contributed by atoms with Gasteiger partial charge in [-0.1, -0.05) is 30.3 Å². The second-order valence-corrected chi connectivity index (χ2v) is 5.78. The van der Waals surface area contributed by atoms with Gasteiger partial charge in [-0.05, 0) is 38.1 Å². The molecule has 3 rings (SSSR count). The van der Waals surface area contributed by atoms with Crippen LogP contribution in [0.25, 0.3) is 5.69 Å². The van der Waals surface area contributed by atoms with Crippen molar-refractivity contribution in [2.45, 2.75) is 20.4 Å². The van der Waals surface area contributed by atoms with Crippen LogP contribution in [-0.4, -0.2) is 22.8 Å². The Balaban J connectivity index is 1.80. The monoisotopic (exact) mass is 335 g/mol. The van der Waals surface area contributed by atoms with Gasteiger partial charge in [-0.15, -0.1) is 0 Å². The van der Waals surface area contributed by atoms with Crippen molar-refractivity contribution in [3.63, 3.8) is 0 Å². The lowest BCUT2D eigenvalue weighted by Gasteiger charge is -2.09. The predicted molar refractivity (Wildman–Crippen MR) is 97.2 cm³/mol. The summed E-state index contributed by atoms with van der Waals surface area (Å²) < 4.78 is 7.15. The quantitative estimate of drug-likeness (QED) is 0.777. The van der Waals surface area contributed by atoms with Gasteiger partial charge in [0.05, 0.1) is 24.1 Å². The number of nitrogens with one attached hydrogen (secondary N) is 1. The van der Waals surface area contributed by atoms with E-state index in [1.165, 1.54) is 0 Å². The second-order valence-electron chi connectivity index (χ2n) is 5.78. The molecule has 0 fully saturated rings. The summed E-state index contributed by atoms with van der Waals surface area (Å²) in [5.41, 5.74) is 4.47. The van der Waals surface area contributed by atoms with Crippen LogP contribution >= 0.6 is 0 Å². The summed E-state index contributed by atoms with van der Waals surface area (Å²) in [6, 6.07) is 17.1. The molecule has 0 aliphatic rings. The molecule has 1 amide bonds. The number of benzene rings is 2. The van der Waals surface area contributed by atoms with Gasteiger partial charge < -0.3 is 10.1 Å². The molecule has 1 aromatic heterocycles. The first-order chi connectivity index (χ1) is 12.1. The summed E-state index contributed by atoms with van der Waals surface area (Å²) in [4.78, 5) is 12.5. The van der Waals surface area contributed by atoms with E-state index >= 15 is 0 Å². The Morgan fingerprint density at radius 2 is 1.76 bits per heavy atom. The third-order valence-corrected chi connectivity index (χ3v) is 4.22. The molecule has 0 aliphatic heterocycles. The largest absolute Gasteiger partial charge is 0.496 e. The van der Waals surface area contributed by atoms with Crippen LogP contribution in [0, 0.1) is 13.8 Å². The lowest BCUT2D eigenvalue weighted by molar-refractivity contribution is 0.0948. The topological polar surface area (TPSA) is 56.1 Å². The number of nitrogens with zero attached hydrogens (tertiary/aromatic N) is 2. The number of ether oxygens (including phenoxy) is 1. The number of amides is 1. The van der Waals surface area contributed by atoms with E-state index < -0.39 is 0 Å². The number of aromatic nitrogens is 2. The van der Waals surface area contributed by atoms with Crippen LogP contribution in [0.2, 0.25) is 0 Å². The van der Waals surface area contributed by atoms with E-state index in [0.29, 0.717) is 17.9 Å². The molecule has 5 nitrogen and oxygen atoms in total. The second kappa shape index (κ2) is 7.21. The van der Waals surface area contributed by atoms with Crippen molar-refractivity contribution in [1.29, 1.82) is 0 Å². The summed E-state index contributed by atoms with van der Waals surface area (Å²) in [6.07, 6.45) is 0. The molecule has 3 aromatic rings. The zero-order valence-electron chi connectivity index (χ0n) is 14.6. The predicted octanol–water partition coefficient (Wildman–Crippen LogP) is 3.43. The van der Waals surface area contributed by atoms with Gasteiger partial charge in [0.1, 0.15) is 5.75 Å². The van der Waals surface area contributed by atoms with Gasteiger partial charge >= 0.3 is 0 Å². The number of rotatable bonds is 5. The van der Waals surface area contributed by atoms with Crippen LogP contribution < -0.4 is 10.1 Å². The summed E-state index contributed by atoms with van der Waals surface area (Å²) >= 11 is 0. The number of para-hydroxylation sites is 2. The number of carbonyl (C=O) groups is 1. The van der Waals surface area contributed by atoms with Gasteiger partial charge in [0.15, 0.2) is 0 Å². The van der Waals surface area contributed by atoms with Crippen molar-refractivity contribution in [3.05, 3.63) is 77.1 Å². The normalized spacial score (nSPS) is 10.5. The fourth-order valence-electron chi connectivity index (χ4n) is 2.85. The van der Waals surface area contributed by atoms with Gasteiger partial charge in [0.25, 0.3) is 5.91 Å². The van der Waals surface area contributed by atoms with Gasteiger partial charge in [-0.3, -0.25) is 4.79 Å². The molecule has 128 valence electrons. The van der Waals surface area contributed by atoms with Crippen LogP contribution in [0.3, 0.4) is 0 Å². The Labute approximate surface area is 147 Å². The van der Waals surface area contributed by atoms with Crippen molar-refractivity contribution < 1.29 is 9.53 Å². The van der Waals surface area contributed by atoms with Crippen LogP contribution in [0.5, 0.6) is 5.75 Å². The molecule has 0 bridgehead atoms. The minimum Gasteiger partial charge on any atom is -0.496 e. The van der Waals surface area contributed by atoms with Crippen molar-refractivity contribution in [1.82, 2.24) is 15.1 Å². The van der Waals surface area contributed by atoms with E-state index in [4.69, 9.17) is 4.74 Å². The maximum absolute atomic E-state index is 12.5. The molecule has 0 aliphatic carbocycles. The molecule has 1 heterocycles. The van der Waals surface area contributed by atoms with Crippen molar-refractivity contribution in [3.8, 4) is 11.4 Å². The summed E-state index contributed by atoms with van der Waals surface area (Å²) in [5, 5.41) is 7.57. The Morgan fingerprint density at radius 1 is 1.08 bits per heavy atom. The van der Waals surface area contributed by atoms with Gasteiger partial charge in [-0.2, -0.15) is 5.10 Å². The zero-order valence-corrected chi connectivity index (χ0v) is 14.6. The molecule has 25 heavy (non-hydrogen) atoms. The van der Waals surface area contributed by atoms with E-state index in [1.54, 1.807) is 19.2 Å². The first kappa shape index (κ1) is 16.8. The van der Waals surface area contributed by atoms with Crippen LogP contribution in [-0.2, 0) is 6.54 Å². The van der Waals surface area contributed by atoms with Gasteiger partial charge in [0.2, 0.25) is 0 Å². The van der Waals surface area contributed by atoms with Gasteiger partial charge in [-0.25, -0.2) is 4.68 Å². The molecule has 0 atom stereocenters. The fraction of sp³-hybridized carbons (Fsp3) is 0.200. The highest BCUT2D eigenvalue weighted by molar-refractivity contribution is 5.96. The Morgan fingerprint density at radius 3 is 2.48 bits per heavy atom. The Bertz CT molecular complexity index is 885. The van der Waals surface area contributed by atoms with Crippen LogP contribution in [0.1, 0.15) is 27.3 Å². The zero-order chi connectivity index (χ0) is 17.8. The third kappa shape index (κ3) is 3.40. The van der Waals surface area contributed by atoms with E-state index in [1.807, 2.05) is 61.0 Å². The average molecular weight is 335 g/mol. The maximum Gasteiger partial charge on any atom is 0.255 e. The van der Waals surface area contributed by atoms with E-state index in [2.05, 4.69) is 10.4 Å². The summed E-state index contributed by atoms with van der Waals surface area (Å²) in [5.74, 6) is 0.400. The SMILES string of the molecule is COc1ccccc1C(=O)NCc1c(C)nn(-c2ccccc2)c1C.